The molecule has 0 fully saturated rings. The van der Waals surface area contributed by atoms with Crippen LogP contribution < -0.4 is 15.4 Å². The number of rotatable bonds is 6. The minimum Gasteiger partial charge on any atom is -0.497 e. The van der Waals surface area contributed by atoms with Crippen LogP contribution in [0.5, 0.6) is 5.75 Å². The minimum atomic E-state index is -0.260. The molecule has 6 nitrogen and oxygen atoms in total. The van der Waals surface area contributed by atoms with Crippen LogP contribution in [0, 0.1) is 0 Å². The highest BCUT2D eigenvalue weighted by Gasteiger charge is 2.16. The molecule has 36 heavy (non-hydrogen) atoms. The number of likely N-dealkylation sites (N-methyl/N-ethyl adjacent to an activating group) is 1. The molecule has 0 saturated heterocycles. The van der Waals surface area contributed by atoms with Gasteiger partial charge in [0.15, 0.2) is 0 Å². The molecule has 0 bridgehead atoms. The molecule has 178 valence electrons. The van der Waals surface area contributed by atoms with Crippen LogP contribution in [0.3, 0.4) is 0 Å². The molecule has 1 aromatic heterocycles. The average Bonchev–Trinajstić information content (AvgIpc) is 2.92. The first-order valence-electron chi connectivity index (χ1n) is 11.6. The van der Waals surface area contributed by atoms with Gasteiger partial charge in [0.25, 0.3) is 5.91 Å². The molecule has 5 rings (SSSR count). The molecule has 1 heterocycles. The number of methoxy groups -OCH3 is 1. The van der Waals surface area contributed by atoms with E-state index in [-0.39, 0.29) is 18.2 Å². The molecule has 0 atom stereocenters. The fourth-order valence-electron chi connectivity index (χ4n) is 4.27. The molecule has 0 radical (unpaired) electrons. The molecule has 0 spiro atoms. The largest absolute Gasteiger partial charge is 0.497 e. The second kappa shape index (κ2) is 9.88. The number of aromatic nitrogens is 1. The Labute approximate surface area is 208 Å². The second-order valence-corrected chi connectivity index (χ2v) is 8.46. The van der Waals surface area contributed by atoms with E-state index >= 15 is 0 Å². The first-order valence-corrected chi connectivity index (χ1v) is 11.6. The monoisotopic (exact) mass is 475 g/mol. The summed E-state index contributed by atoms with van der Waals surface area (Å²) in [6.45, 7) is 0. The van der Waals surface area contributed by atoms with Crippen molar-refractivity contribution in [1.29, 1.82) is 0 Å². The van der Waals surface area contributed by atoms with Crippen LogP contribution in [-0.2, 0) is 11.2 Å². The second-order valence-electron chi connectivity index (χ2n) is 8.46. The summed E-state index contributed by atoms with van der Waals surface area (Å²) < 4.78 is 5.33. The van der Waals surface area contributed by atoms with Gasteiger partial charge in [0.1, 0.15) is 5.75 Å². The Morgan fingerprint density at radius 3 is 2.44 bits per heavy atom. The number of fused-ring (bicyclic) bond motifs is 2. The van der Waals surface area contributed by atoms with Crippen LogP contribution in [0.4, 0.5) is 5.69 Å². The van der Waals surface area contributed by atoms with E-state index in [1.54, 1.807) is 20.2 Å². The number of ether oxygens (including phenoxy) is 1. The number of pyridine rings is 1. The molecular formula is C30H25N3O3. The standard InChI is InChI=1S/C30H25N3O3/c1-31-29(34)17-21-7-3-5-9-26(21)33-30(35)25-18-28(32-27-10-6-4-8-24(25)27)22-12-11-20-16-23(36-2)14-13-19(20)15-22/h3-16,18H,17H2,1-2H3,(H,31,34)(H,33,35). The van der Waals surface area contributed by atoms with Crippen LogP contribution in [0.15, 0.2) is 91.0 Å². The van der Waals surface area contributed by atoms with Crippen LogP contribution in [0.2, 0.25) is 0 Å². The molecule has 0 saturated carbocycles. The Kier molecular flexibility index (Phi) is 6.33. The summed E-state index contributed by atoms with van der Waals surface area (Å²) >= 11 is 0. The number of benzene rings is 4. The van der Waals surface area contributed by atoms with Crippen molar-refractivity contribution in [2.75, 3.05) is 19.5 Å². The van der Waals surface area contributed by atoms with Crippen molar-refractivity contribution >= 4 is 39.2 Å². The molecule has 0 unspecified atom stereocenters. The zero-order valence-electron chi connectivity index (χ0n) is 20.0. The van der Waals surface area contributed by atoms with Gasteiger partial charge in [-0.3, -0.25) is 9.59 Å². The quantitative estimate of drug-likeness (QED) is 0.335. The fraction of sp³-hybridized carbons (Fsp3) is 0.100. The zero-order valence-corrected chi connectivity index (χ0v) is 20.0. The van der Waals surface area contributed by atoms with Crippen molar-refractivity contribution in [2.45, 2.75) is 6.42 Å². The highest BCUT2D eigenvalue weighted by atomic mass is 16.5. The smallest absolute Gasteiger partial charge is 0.256 e. The van der Waals surface area contributed by atoms with Gasteiger partial charge in [-0.25, -0.2) is 4.98 Å². The fourth-order valence-corrected chi connectivity index (χ4v) is 4.27. The summed E-state index contributed by atoms with van der Waals surface area (Å²) in [5.41, 5.74) is 4.21. The maximum Gasteiger partial charge on any atom is 0.256 e. The molecular weight excluding hydrogens is 450 g/mol. The van der Waals surface area contributed by atoms with Crippen LogP contribution in [-0.4, -0.2) is 31.0 Å². The number of amides is 2. The van der Waals surface area contributed by atoms with Crippen LogP contribution in [0.25, 0.3) is 32.9 Å². The van der Waals surface area contributed by atoms with Crippen molar-refractivity contribution in [3.05, 3.63) is 102 Å². The predicted octanol–water partition coefficient (Wildman–Crippen LogP) is 5.60. The summed E-state index contributed by atoms with van der Waals surface area (Å²) in [4.78, 5) is 30.4. The lowest BCUT2D eigenvalue weighted by molar-refractivity contribution is -0.119. The SMILES string of the molecule is CNC(=O)Cc1ccccc1NC(=O)c1cc(-c2ccc3cc(OC)ccc3c2)nc2ccccc12. The van der Waals surface area contributed by atoms with E-state index in [2.05, 4.69) is 16.7 Å². The Bertz CT molecular complexity index is 1610. The van der Waals surface area contributed by atoms with Crippen LogP contribution in [0.1, 0.15) is 15.9 Å². The molecule has 0 aliphatic carbocycles. The van der Waals surface area contributed by atoms with E-state index in [1.165, 1.54) is 0 Å². The van der Waals surface area contributed by atoms with Gasteiger partial charge in [0, 0.05) is 23.7 Å². The topological polar surface area (TPSA) is 80.3 Å². The van der Waals surface area contributed by atoms with E-state index in [1.807, 2.05) is 78.9 Å². The number of anilines is 1. The van der Waals surface area contributed by atoms with Gasteiger partial charge in [-0.15, -0.1) is 0 Å². The van der Waals surface area contributed by atoms with Gasteiger partial charge >= 0.3 is 0 Å². The summed E-state index contributed by atoms with van der Waals surface area (Å²) in [6, 6.07) is 28.8. The van der Waals surface area contributed by atoms with Gasteiger partial charge < -0.3 is 15.4 Å². The van der Waals surface area contributed by atoms with E-state index in [0.717, 1.165) is 38.6 Å². The lowest BCUT2D eigenvalue weighted by atomic mass is 10.0. The highest BCUT2D eigenvalue weighted by molar-refractivity contribution is 6.13. The van der Waals surface area contributed by atoms with E-state index in [9.17, 15) is 9.59 Å². The first kappa shape index (κ1) is 23.1. The zero-order chi connectivity index (χ0) is 25.1. The van der Waals surface area contributed by atoms with E-state index < -0.39 is 0 Å². The first-order chi connectivity index (χ1) is 17.6. The molecule has 6 heteroatoms. The molecule has 4 aromatic carbocycles. The molecule has 0 aliphatic rings. The van der Waals surface area contributed by atoms with Gasteiger partial charge in [0.2, 0.25) is 5.91 Å². The summed E-state index contributed by atoms with van der Waals surface area (Å²) in [5.74, 6) is 0.418. The molecule has 5 aromatic rings. The lowest BCUT2D eigenvalue weighted by Crippen LogP contribution is -2.21. The third-order valence-electron chi connectivity index (χ3n) is 6.20. The number of para-hydroxylation sites is 2. The normalized spacial score (nSPS) is 10.8. The van der Waals surface area contributed by atoms with Gasteiger partial charge in [-0.05, 0) is 52.7 Å². The number of hydrogen-bond donors (Lipinski definition) is 2. The third-order valence-corrected chi connectivity index (χ3v) is 6.20. The summed E-state index contributed by atoms with van der Waals surface area (Å²) in [5, 5.41) is 8.51. The highest BCUT2D eigenvalue weighted by Crippen LogP contribution is 2.29. The van der Waals surface area contributed by atoms with Crippen molar-refractivity contribution in [3.8, 4) is 17.0 Å². The summed E-state index contributed by atoms with van der Waals surface area (Å²) in [6.07, 6.45) is 0.178. The van der Waals surface area contributed by atoms with Gasteiger partial charge in [-0.2, -0.15) is 0 Å². The lowest BCUT2D eigenvalue weighted by Gasteiger charge is -2.13. The van der Waals surface area contributed by atoms with E-state index in [4.69, 9.17) is 9.72 Å². The predicted molar refractivity (Wildman–Crippen MR) is 143 cm³/mol. The maximum absolute atomic E-state index is 13.5. The Morgan fingerprint density at radius 2 is 1.61 bits per heavy atom. The van der Waals surface area contributed by atoms with Crippen LogP contribution >= 0.6 is 0 Å². The Balaban J connectivity index is 1.56. The van der Waals surface area contributed by atoms with E-state index in [0.29, 0.717) is 16.9 Å². The summed E-state index contributed by atoms with van der Waals surface area (Å²) in [7, 11) is 3.25. The number of carbonyl (C=O) groups excluding carboxylic acids is 2. The number of hydrogen-bond acceptors (Lipinski definition) is 4. The number of nitrogens with one attached hydrogen (secondary N) is 2. The van der Waals surface area contributed by atoms with Crippen molar-refractivity contribution in [2.24, 2.45) is 0 Å². The number of carbonyl (C=O) groups is 2. The third kappa shape index (κ3) is 4.61. The molecule has 2 N–H and O–H groups in total. The van der Waals surface area contributed by atoms with Gasteiger partial charge in [0.05, 0.1) is 30.3 Å². The maximum atomic E-state index is 13.5. The van der Waals surface area contributed by atoms with Crippen molar-refractivity contribution in [1.82, 2.24) is 10.3 Å². The Hall–Kier alpha value is -4.71. The molecule has 0 aliphatic heterocycles. The van der Waals surface area contributed by atoms with Gasteiger partial charge in [-0.1, -0.05) is 54.6 Å². The minimum absolute atomic E-state index is 0.123. The molecule has 2 amide bonds. The Morgan fingerprint density at radius 1 is 0.861 bits per heavy atom. The van der Waals surface area contributed by atoms with Crippen molar-refractivity contribution in [3.63, 3.8) is 0 Å². The van der Waals surface area contributed by atoms with Crippen molar-refractivity contribution < 1.29 is 14.3 Å². The number of nitrogens with zero attached hydrogens (tertiary/aromatic N) is 1. The average molecular weight is 476 g/mol.